The third-order valence-electron chi connectivity index (χ3n) is 8.83. The smallest absolute Gasteiger partial charge is 0.193 e. The third-order valence-corrected chi connectivity index (χ3v) is 13.3. The van der Waals surface area contributed by atoms with Gasteiger partial charge in [0, 0.05) is 0 Å². The molecule has 0 aromatic carbocycles. The molecule has 3 saturated heterocycles. The van der Waals surface area contributed by atoms with Gasteiger partial charge < -0.3 is 28.1 Å². The van der Waals surface area contributed by atoms with Gasteiger partial charge in [0.2, 0.25) is 0 Å². The number of allylic oxidation sites excluding steroid dienone is 1. The quantitative estimate of drug-likeness (QED) is 0.245. The van der Waals surface area contributed by atoms with Gasteiger partial charge in [0.15, 0.2) is 31.8 Å². The highest BCUT2D eigenvalue weighted by Gasteiger charge is 2.61. The molecule has 0 aliphatic carbocycles. The summed E-state index contributed by atoms with van der Waals surface area (Å²) in [4.78, 5) is 13.5. The Morgan fingerprint density at radius 3 is 2.17 bits per heavy atom. The molecule has 0 radical (unpaired) electrons. The molecule has 0 N–H and O–H groups in total. The number of carbonyl (C=O) groups is 1. The number of carbonyl (C=O) groups excluding carboxylic acids is 1. The fourth-order valence-electron chi connectivity index (χ4n) is 5.17. The molecule has 8 heteroatoms. The first-order chi connectivity index (χ1) is 16.8. The van der Waals surface area contributed by atoms with Gasteiger partial charge in [-0.15, -0.1) is 6.58 Å². The van der Waals surface area contributed by atoms with Crippen molar-refractivity contribution in [1.82, 2.24) is 0 Å². The summed E-state index contributed by atoms with van der Waals surface area (Å²) in [5.41, 5.74) is 0. The van der Waals surface area contributed by atoms with Crippen molar-refractivity contribution in [3.05, 3.63) is 12.7 Å². The fourth-order valence-corrected chi connectivity index (χ4v) is 6.49. The number of hydrogen-bond acceptors (Lipinski definition) is 7. The molecular weight excluding hydrogens is 476 g/mol. The van der Waals surface area contributed by atoms with Gasteiger partial charge in [-0.2, -0.15) is 0 Å². The minimum absolute atomic E-state index is 0.0208. The number of Topliss-reactive ketones (excluding diaryl/α,β-unsaturated/α-hetero) is 1. The van der Waals surface area contributed by atoms with E-state index in [1.54, 1.807) is 0 Å². The number of rotatable bonds is 11. The van der Waals surface area contributed by atoms with E-state index in [1.807, 2.05) is 19.9 Å². The zero-order chi connectivity index (χ0) is 26.9. The van der Waals surface area contributed by atoms with Crippen molar-refractivity contribution in [2.24, 2.45) is 0 Å². The molecule has 3 heterocycles. The lowest BCUT2D eigenvalue weighted by Gasteiger charge is -2.46. The fraction of sp³-hybridized carbons (Fsp3) is 0.893. The first-order valence-electron chi connectivity index (χ1n) is 14.0. The van der Waals surface area contributed by atoms with Gasteiger partial charge in [-0.25, -0.2) is 0 Å². The summed E-state index contributed by atoms with van der Waals surface area (Å²) < 4.78 is 39.5. The number of ketones is 1. The summed E-state index contributed by atoms with van der Waals surface area (Å²) in [7, 11) is -2.26. The van der Waals surface area contributed by atoms with Crippen LogP contribution in [0.15, 0.2) is 12.7 Å². The van der Waals surface area contributed by atoms with Gasteiger partial charge in [-0.3, -0.25) is 4.79 Å². The van der Waals surface area contributed by atoms with Crippen LogP contribution < -0.4 is 0 Å². The maximum Gasteiger partial charge on any atom is 0.193 e. The molecule has 0 bridgehead atoms. The van der Waals surface area contributed by atoms with E-state index in [0.717, 1.165) is 12.8 Å². The van der Waals surface area contributed by atoms with E-state index in [0.29, 0.717) is 32.3 Å². The van der Waals surface area contributed by atoms with E-state index in [9.17, 15) is 4.79 Å². The summed E-state index contributed by atoms with van der Waals surface area (Å²) in [6.45, 7) is 23.6. The molecular formula is C28H50O7Si. The molecule has 36 heavy (non-hydrogen) atoms. The maximum atomic E-state index is 13.5. The first kappa shape index (κ1) is 29.9. The Labute approximate surface area is 219 Å². The van der Waals surface area contributed by atoms with Crippen molar-refractivity contribution in [3.63, 3.8) is 0 Å². The van der Waals surface area contributed by atoms with Crippen LogP contribution in [-0.4, -0.2) is 68.9 Å². The zero-order valence-corrected chi connectivity index (χ0v) is 25.1. The van der Waals surface area contributed by atoms with Crippen molar-refractivity contribution in [2.45, 2.75) is 153 Å². The SMILES string of the molecule is C=CCC[C@@H]1O[C@H]([C@@H](O[Si](C)(C)C(C)(C)C)[C@H]2COC(CC)(CC)O2)[C@H]2OC(CC)(CC)O[C@H]2C1=O. The molecule has 3 aliphatic heterocycles. The lowest BCUT2D eigenvalue weighted by atomic mass is 9.90. The number of ether oxygens (including phenoxy) is 5. The molecule has 0 spiro atoms. The van der Waals surface area contributed by atoms with E-state index in [-0.39, 0.29) is 16.9 Å². The Kier molecular flexibility index (Phi) is 9.35. The van der Waals surface area contributed by atoms with Crippen LogP contribution in [0.3, 0.4) is 0 Å². The van der Waals surface area contributed by atoms with Crippen LogP contribution >= 0.6 is 0 Å². The minimum atomic E-state index is -2.26. The third kappa shape index (κ3) is 5.70. The van der Waals surface area contributed by atoms with Crippen LogP contribution in [0.5, 0.6) is 0 Å². The molecule has 0 aromatic heterocycles. The Bertz CT molecular complexity index is 768. The molecule has 6 atom stereocenters. The van der Waals surface area contributed by atoms with Crippen LogP contribution in [-0.2, 0) is 32.9 Å². The molecule has 0 amide bonds. The van der Waals surface area contributed by atoms with E-state index >= 15 is 0 Å². The lowest BCUT2D eigenvalue weighted by molar-refractivity contribution is -0.218. The van der Waals surface area contributed by atoms with Crippen LogP contribution in [0.2, 0.25) is 18.1 Å². The Morgan fingerprint density at radius 2 is 1.67 bits per heavy atom. The van der Waals surface area contributed by atoms with Crippen LogP contribution in [0.25, 0.3) is 0 Å². The molecule has 7 nitrogen and oxygen atoms in total. The first-order valence-corrected chi connectivity index (χ1v) is 16.9. The Balaban J connectivity index is 2.03. The van der Waals surface area contributed by atoms with Crippen molar-refractivity contribution in [2.75, 3.05) is 6.61 Å². The highest BCUT2D eigenvalue weighted by atomic mass is 28.4. The average Bonchev–Trinajstić information content (AvgIpc) is 3.45. The predicted octanol–water partition coefficient (Wildman–Crippen LogP) is 5.91. The Hall–Kier alpha value is -0.613. The lowest BCUT2D eigenvalue weighted by Crippen LogP contribution is -2.62. The van der Waals surface area contributed by atoms with E-state index in [4.69, 9.17) is 28.1 Å². The number of fused-ring (bicyclic) bond motifs is 1. The molecule has 3 rings (SSSR count). The van der Waals surface area contributed by atoms with Gasteiger partial charge in [-0.05, 0) is 56.7 Å². The van der Waals surface area contributed by atoms with Crippen molar-refractivity contribution in [3.8, 4) is 0 Å². The second kappa shape index (κ2) is 11.2. The Morgan fingerprint density at radius 1 is 1.06 bits per heavy atom. The minimum Gasteiger partial charge on any atom is -0.408 e. The second-order valence-corrected chi connectivity index (χ2v) is 16.8. The topological polar surface area (TPSA) is 72.5 Å². The summed E-state index contributed by atoms with van der Waals surface area (Å²) in [6, 6.07) is 0. The molecule has 3 aliphatic rings. The zero-order valence-electron chi connectivity index (χ0n) is 24.1. The molecule has 0 unspecified atom stereocenters. The largest absolute Gasteiger partial charge is 0.408 e. The van der Waals surface area contributed by atoms with Gasteiger partial charge in [-0.1, -0.05) is 54.5 Å². The van der Waals surface area contributed by atoms with Crippen molar-refractivity contribution >= 4 is 14.1 Å². The van der Waals surface area contributed by atoms with Gasteiger partial charge in [0.05, 0.1) is 6.61 Å². The molecule has 208 valence electrons. The monoisotopic (exact) mass is 526 g/mol. The van der Waals surface area contributed by atoms with Gasteiger partial charge in [0.25, 0.3) is 0 Å². The molecule has 0 saturated carbocycles. The number of hydrogen-bond donors (Lipinski definition) is 0. The standard InChI is InChI=1S/C28H50O7Si/c1-11-16-17-19-21(29)23-25(34-28(14-4,15-5)33-23)24(31-19)22(35-36(9,10)26(6,7)8)20-18-30-27(12-2,13-3)32-20/h11,19-20,22-25H,1,12-18H2,2-10H3/t19-,20+,22-,23-,24+,25-/m0/s1. The summed E-state index contributed by atoms with van der Waals surface area (Å²) >= 11 is 0. The highest BCUT2D eigenvalue weighted by Crippen LogP contribution is 2.46. The second-order valence-electron chi connectivity index (χ2n) is 12.0. The van der Waals surface area contributed by atoms with Crippen LogP contribution in [0.1, 0.15) is 87.0 Å². The highest BCUT2D eigenvalue weighted by molar-refractivity contribution is 6.74. The maximum absolute atomic E-state index is 13.5. The van der Waals surface area contributed by atoms with Gasteiger partial charge in [0.1, 0.15) is 30.5 Å². The normalized spacial score (nSPS) is 32.9. The van der Waals surface area contributed by atoms with Crippen molar-refractivity contribution < 1.29 is 32.9 Å². The van der Waals surface area contributed by atoms with E-state index in [2.05, 4.69) is 54.3 Å². The summed E-state index contributed by atoms with van der Waals surface area (Å²) in [5.74, 6) is -1.48. The summed E-state index contributed by atoms with van der Waals surface area (Å²) in [6.07, 6.45) is 2.71. The predicted molar refractivity (Wildman–Crippen MR) is 142 cm³/mol. The average molecular weight is 527 g/mol. The van der Waals surface area contributed by atoms with E-state index < -0.39 is 50.4 Å². The van der Waals surface area contributed by atoms with E-state index in [1.165, 1.54) is 0 Å². The van der Waals surface area contributed by atoms with Crippen LogP contribution in [0, 0.1) is 0 Å². The van der Waals surface area contributed by atoms with Gasteiger partial charge >= 0.3 is 0 Å². The molecule has 3 fully saturated rings. The van der Waals surface area contributed by atoms with Crippen LogP contribution in [0.4, 0.5) is 0 Å². The van der Waals surface area contributed by atoms with Crippen molar-refractivity contribution in [1.29, 1.82) is 0 Å². The summed E-state index contributed by atoms with van der Waals surface area (Å²) in [5, 5.41) is -0.0208. The molecule has 0 aromatic rings.